The molecule has 4 N–H and O–H groups in total. The average molecular weight is 546 g/mol. The summed E-state index contributed by atoms with van der Waals surface area (Å²) in [4.78, 5) is 44.1. The molecule has 4 aromatic carbocycles. The zero-order valence-electron chi connectivity index (χ0n) is 21.1. The maximum atomic E-state index is 12.2. The Bertz CT molecular complexity index is 1510. The summed E-state index contributed by atoms with van der Waals surface area (Å²) < 4.78 is 0. The Hall–Kier alpha value is -5.78. The van der Waals surface area contributed by atoms with Crippen molar-refractivity contribution in [1.29, 1.82) is 0 Å². The number of ketones is 2. The average Bonchev–Trinajstić information content (AvgIpc) is 2.91. The van der Waals surface area contributed by atoms with E-state index in [-0.39, 0.29) is 11.1 Å². The van der Waals surface area contributed by atoms with Crippen LogP contribution in [0.25, 0.3) is 0 Å². The van der Waals surface area contributed by atoms with Crippen molar-refractivity contribution in [3.63, 3.8) is 0 Å². The van der Waals surface area contributed by atoms with E-state index in [0.29, 0.717) is 11.1 Å². The molecule has 0 saturated heterocycles. The molecule has 0 amide bonds. The highest BCUT2D eigenvalue weighted by Crippen LogP contribution is 2.37. The van der Waals surface area contributed by atoms with Crippen molar-refractivity contribution < 1.29 is 39.9 Å². The molecule has 0 radical (unpaired) electrons. The third-order valence-corrected chi connectivity index (χ3v) is 5.68. The molecule has 4 rings (SSSR count). The Labute approximate surface area is 226 Å². The number of phenolic OH excluding ortho intramolecular Hbond substituents is 4. The Kier molecular flexibility index (Phi) is 8.44. The minimum absolute atomic E-state index is 0.0594. The molecule has 0 fully saturated rings. The number of hydrogen-bond donors (Lipinski definition) is 4. The van der Waals surface area contributed by atoms with E-state index >= 15 is 0 Å². The summed E-state index contributed by atoms with van der Waals surface area (Å²) in [5, 5.41) is 59.2. The first-order valence-electron chi connectivity index (χ1n) is 11.4. The number of hydrogen-bond acceptors (Lipinski definition) is 10. The number of nitro groups is 2. The van der Waals surface area contributed by atoms with Crippen LogP contribution in [-0.4, -0.2) is 41.8 Å². The van der Waals surface area contributed by atoms with Crippen LogP contribution in [0.3, 0.4) is 0 Å². The zero-order chi connectivity index (χ0) is 29.7. The fourth-order valence-electron chi connectivity index (χ4n) is 3.49. The van der Waals surface area contributed by atoms with Gasteiger partial charge in [0.05, 0.1) is 9.85 Å². The summed E-state index contributed by atoms with van der Waals surface area (Å²) in [6, 6.07) is 17.2. The van der Waals surface area contributed by atoms with Crippen molar-refractivity contribution in [2.45, 2.75) is 13.8 Å². The van der Waals surface area contributed by atoms with Crippen molar-refractivity contribution in [1.82, 2.24) is 0 Å². The topological polar surface area (TPSA) is 201 Å². The van der Waals surface area contributed by atoms with Crippen LogP contribution >= 0.6 is 0 Å². The van der Waals surface area contributed by atoms with Crippen molar-refractivity contribution in [3.8, 4) is 23.0 Å². The third kappa shape index (κ3) is 6.37. The van der Waals surface area contributed by atoms with E-state index in [9.17, 15) is 50.2 Å². The Morgan fingerprint density at radius 2 is 0.850 bits per heavy atom. The second-order valence-corrected chi connectivity index (χ2v) is 8.63. The molecular formula is C28H22N2O10. The molecule has 0 bridgehead atoms. The molecule has 204 valence electrons. The van der Waals surface area contributed by atoms with Crippen LogP contribution < -0.4 is 0 Å². The lowest BCUT2D eigenvalue weighted by atomic mass is 10.0. The van der Waals surface area contributed by atoms with Crippen LogP contribution in [0.4, 0.5) is 11.4 Å². The van der Waals surface area contributed by atoms with Gasteiger partial charge in [-0.2, -0.15) is 0 Å². The lowest BCUT2D eigenvalue weighted by Gasteiger charge is -2.05. The van der Waals surface area contributed by atoms with Crippen molar-refractivity contribution in [2.75, 3.05) is 0 Å². The van der Waals surface area contributed by atoms with Gasteiger partial charge in [-0.05, 0) is 26.0 Å². The smallest absolute Gasteiger partial charge is 0.315 e. The number of aryl methyl sites for hydroxylation is 2. The fourth-order valence-corrected chi connectivity index (χ4v) is 3.49. The van der Waals surface area contributed by atoms with E-state index in [2.05, 4.69) is 0 Å². The number of phenols is 4. The highest BCUT2D eigenvalue weighted by molar-refractivity contribution is 6.10. The molecule has 12 heteroatoms. The minimum Gasteiger partial charge on any atom is -0.504 e. The van der Waals surface area contributed by atoms with E-state index in [1.54, 1.807) is 48.5 Å². The number of carbonyl (C=O) groups is 2. The van der Waals surface area contributed by atoms with E-state index < -0.39 is 55.8 Å². The van der Waals surface area contributed by atoms with Crippen molar-refractivity contribution in [2.24, 2.45) is 0 Å². The summed E-state index contributed by atoms with van der Waals surface area (Å²) in [5.41, 5.74) is 1.10. The molecule has 0 aromatic heterocycles. The van der Waals surface area contributed by atoms with E-state index in [1.807, 2.05) is 13.8 Å². The molecule has 0 unspecified atom stereocenters. The van der Waals surface area contributed by atoms with Gasteiger partial charge in [0.15, 0.2) is 23.1 Å². The number of nitro benzene ring substituents is 2. The minimum atomic E-state index is -0.860. The second-order valence-electron chi connectivity index (χ2n) is 8.63. The first-order valence-corrected chi connectivity index (χ1v) is 11.4. The Morgan fingerprint density at radius 1 is 0.550 bits per heavy atom. The van der Waals surface area contributed by atoms with Crippen LogP contribution in [0, 0.1) is 34.1 Å². The second kappa shape index (κ2) is 11.7. The molecular weight excluding hydrogens is 524 g/mol. The SMILES string of the molecule is Cc1ccc(C(=O)c2cc(O)c(O)c([N+](=O)[O-])c2)cc1.Cc1ccc(C(=O)c2cc(O)c(O)c([N+](=O)[O-])c2)cc1. The maximum Gasteiger partial charge on any atom is 0.315 e. The lowest BCUT2D eigenvalue weighted by molar-refractivity contribution is -0.386. The van der Waals surface area contributed by atoms with Gasteiger partial charge >= 0.3 is 11.4 Å². The molecule has 4 aromatic rings. The highest BCUT2D eigenvalue weighted by atomic mass is 16.6. The number of aromatic hydroxyl groups is 4. The summed E-state index contributed by atoms with van der Waals surface area (Å²) in [6.45, 7) is 3.73. The largest absolute Gasteiger partial charge is 0.504 e. The van der Waals surface area contributed by atoms with Crippen molar-refractivity contribution >= 4 is 22.9 Å². The predicted molar refractivity (Wildman–Crippen MR) is 142 cm³/mol. The van der Waals surface area contributed by atoms with Gasteiger partial charge in [-0.15, -0.1) is 0 Å². The molecule has 0 aliphatic rings. The van der Waals surface area contributed by atoms with Gasteiger partial charge in [-0.1, -0.05) is 59.7 Å². The van der Waals surface area contributed by atoms with E-state index in [1.165, 1.54) is 0 Å². The maximum absolute atomic E-state index is 12.2. The first-order chi connectivity index (χ1) is 18.8. The van der Waals surface area contributed by atoms with E-state index in [0.717, 1.165) is 35.4 Å². The summed E-state index contributed by atoms with van der Waals surface area (Å²) in [7, 11) is 0. The fraction of sp³-hybridized carbons (Fsp3) is 0.0714. The van der Waals surface area contributed by atoms with Crippen molar-refractivity contribution in [3.05, 3.63) is 126 Å². The molecule has 0 aliphatic carbocycles. The number of nitrogens with zero attached hydrogens (tertiary/aromatic N) is 2. The predicted octanol–water partition coefficient (Wildman–Crippen LogP) is 5.09. The van der Waals surface area contributed by atoms with Gasteiger partial charge < -0.3 is 20.4 Å². The Balaban J connectivity index is 0.000000220. The number of carbonyl (C=O) groups excluding carboxylic acids is 2. The molecule has 12 nitrogen and oxygen atoms in total. The normalized spacial score (nSPS) is 10.2. The molecule has 0 aliphatic heterocycles. The molecule has 0 atom stereocenters. The standard InChI is InChI=1S/2C14H11NO5/c2*1-8-2-4-9(5-3-8)13(17)10-6-11(15(19)20)14(18)12(16)7-10/h2*2-7,16,18H,1H3. The van der Waals surface area contributed by atoms with Crippen LogP contribution in [0.5, 0.6) is 23.0 Å². The number of benzene rings is 4. The van der Waals surface area contributed by atoms with Crippen LogP contribution in [-0.2, 0) is 0 Å². The Morgan fingerprint density at radius 3 is 1.12 bits per heavy atom. The van der Waals surface area contributed by atoms with Gasteiger partial charge in [0.1, 0.15) is 0 Å². The lowest BCUT2D eigenvalue weighted by Crippen LogP contribution is -2.02. The van der Waals surface area contributed by atoms with Gasteiger partial charge in [0, 0.05) is 34.4 Å². The quantitative estimate of drug-likeness (QED) is 0.109. The van der Waals surface area contributed by atoms with Gasteiger partial charge in [-0.3, -0.25) is 29.8 Å². The van der Waals surface area contributed by atoms with Gasteiger partial charge in [-0.25, -0.2) is 0 Å². The third-order valence-electron chi connectivity index (χ3n) is 5.68. The molecule has 0 spiro atoms. The van der Waals surface area contributed by atoms with Gasteiger partial charge in [0.25, 0.3) is 0 Å². The molecule has 40 heavy (non-hydrogen) atoms. The molecule has 0 heterocycles. The van der Waals surface area contributed by atoms with Crippen LogP contribution in [0.1, 0.15) is 43.0 Å². The summed E-state index contributed by atoms with van der Waals surface area (Å²) in [6.07, 6.45) is 0. The summed E-state index contributed by atoms with van der Waals surface area (Å²) >= 11 is 0. The summed E-state index contributed by atoms with van der Waals surface area (Å²) in [5.74, 6) is -4.04. The zero-order valence-corrected chi connectivity index (χ0v) is 21.1. The first kappa shape index (κ1) is 28.8. The highest BCUT2D eigenvalue weighted by Gasteiger charge is 2.23. The monoisotopic (exact) mass is 546 g/mol. The number of rotatable bonds is 6. The van der Waals surface area contributed by atoms with Crippen LogP contribution in [0.2, 0.25) is 0 Å². The molecule has 0 saturated carbocycles. The van der Waals surface area contributed by atoms with E-state index in [4.69, 9.17) is 0 Å². The van der Waals surface area contributed by atoms with Gasteiger partial charge in [0.2, 0.25) is 11.5 Å². The van der Waals surface area contributed by atoms with Crippen LogP contribution in [0.15, 0.2) is 72.8 Å².